The van der Waals surface area contributed by atoms with Gasteiger partial charge in [-0.05, 0) is 47.6 Å². The summed E-state index contributed by atoms with van der Waals surface area (Å²) in [5, 5.41) is 2.80. The number of fused-ring (bicyclic) bond motifs is 3. The molecule has 206 valence electrons. The minimum absolute atomic E-state index is 0.0749. The van der Waals surface area contributed by atoms with E-state index >= 15 is 0 Å². The Morgan fingerprint density at radius 2 is 1.55 bits per heavy atom. The van der Waals surface area contributed by atoms with E-state index in [2.05, 4.69) is 29.6 Å². The number of carbonyl (C=O) groups is 3. The number of esters is 1. The molecule has 0 spiro atoms. The molecule has 1 aliphatic heterocycles. The Hall–Kier alpha value is -4.39. The Morgan fingerprint density at radius 1 is 0.925 bits per heavy atom. The molecule has 5 rings (SSSR count). The normalized spacial score (nSPS) is 22.2. The van der Waals surface area contributed by atoms with Gasteiger partial charge in [0.2, 0.25) is 5.91 Å². The van der Waals surface area contributed by atoms with Crippen LogP contribution in [0.2, 0.25) is 0 Å². The summed E-state index contributed by atoms with van der Waals surface area (Å²) >= 11 is 0. The van der Waals surface area contributed by atoms with Gasteiger partial charge in [0.1, 0.15) is 18.8 Å². The lowest BCUT2D eigenvalue weighted by atomic mass is 9.98. The van der Waals surface area contributed by atoms with Crippen LogP contribution < -0.4 is 5.32 Å². The Kier molecular flexibility index (Phi) is 8.29. The molecule has 0 fully saturated rings. The molecule has 0 saturated heterocycles. The van der Waals surface area contributed by atoms with Gasteiger partial charge in [-0.25, -0.2) is 4.79 Å². The molecule has 1 heterocycles. The molecule has 7 heteroatoms. The molecule has 0 bridgehead atoms. The van der Waals surface area contributed by atoms with Crippen LogP contribution in [-0.4, -0.2) is 48.6 Å². The number of carbonyl (C=O) groups excluding carboxylic acids is 3. The third kappa shape index (κ3) is 5.78. The van der Waals surface area contributed by atoms with Gasteiger partial charge in [0.25, 0.3) is 0 Å². The summed E-state index contributed by atoms with van der Waals surface area (Å²) in [6, 6.07) is 24.4. The van der Waals surface area contributed by atoms with Crippen LogP contribution in [0, 0.1) is 0 Å². The van der Waals surface area contributed by atoms with Gasteiger partial charge in [-0.3, -0.25) is 9.59 Å². The summed E-state index contributed by atoms with van der Waals surface area (Å²) in [5.41, 5.74) is 5.34. The molecule has 2 aliphatic rings. The molecule has 40 heavy (non-hydrogen) atoms. The highest BCUT2D eigenvalue weighted by molar-refractivity contribution is 5.86. The van der Waals surface area contributed by atoms with E-state index in [4.69, 9.17) is 9.47 Å². The van der Waals surface area contributed by atoms with Crippen LogP contribution in [0.5, 0.6) is 0 Å². The zero-order chi connectivity index (χ0) is 28.1. The van der Waals surface area contributed by atoms with E-state index in [0.717, 1.165) is 27.8 Å². The molecule has 1 N–H and O–H groups in total. The number of nitrogens with one attached hydrogen (secondary N) is 1. The Labute approximate surface area is 234 Å². The summed E-state index contributed by atoms with van der Waals surface area (Å²) in [5.74, 6) is -0.683. The number of amides is 2. The van der Waals surface area contributed by atoms with Gasteiger partial charge < -0.3 is 19.7 Å². The molecule has 3 atom stereocenters. The second kappa shape index (κ2) is 12.2. The minimum Gasteiger partial charge on any atom is -0.455 e. The van der Waals surface area contributed by atoms with Crippen LogP contribution in [0.15, 0.2) is 91.0 Å². The fourth-order valence-electron chi connectivity index (χ4n) is 5.49. The monoisotopic (exact) mass is 538 g/mol. The average Bonchev–Trinajstić information content (AvgIpc) is 3.30. The SMILES string of the molecule is C[C@H]1[C@@H](c2ccccc2)OC(=O)CC/C=C/C[C@@H](NC(=O)OCC2c3ccccc3-c3ccccc32)C(=O)N1C. The summed E-state index contributed by atoms with van der Waals surface area (Å²) in [6.45, 7) is 2.00. The van der Waals surface area contributed by atoms with Gasteiger partial charge in [0.15, 0.2) is 0 Å². The first kappa shape index (κ1) is 27.2. The predicted octanol–water partition coefficient (Wildman–Crippen LogP) is 5.77. The average molecular weight is 539 g/mol. The maximum Gasteiger partial charge on any atom is 0.407 e. The lowest BCUT2D eigenvalue weighted by Crippen LogP contribution is -2.51. The number of hydrogen-bond acceptors (Lipinski definition) is 5. The van der Waals surface area contributed by atoms with E-state index < -0.39 is 24.3 Å². The molecule has 3 aromatic carbocycles. The number of benzene rings is 3. The van der Waals surface area contributed by atoms with E-state index in [-0.39, 0.29) is 37.2 Å². The van der Waals surface area contributed by atoms with Crippen LogP contribution in [0.25, 0.3) is 11.1 Å². The fraction of sp³-hybridized carbons (Fsp3) is 0.303. The third-order valence-corrected chi connectivity index (χ3v) is 7.77. The van der Waals surface area contributed by atoms with Gasteiger partial charge in [-0.1, -0.05) is 91.0 Å². The van der Waals surface area contributed by atoms with Crippen LogP contribution in [0.3, 0.4) is 0 Å². The smallest absolute Gasteiger partial charge is 0.407 e. The molecule has 0 unspecified atom stereocenters. The van der Waals surface area contributed by atoms with Crippen molar-refractivity contribution in [1.29, 1.82) is 0 Å². The zero-order valence-electron chi connectivity index (χ0n) is 22.8. The van der Waals surface area contributed by atoms with Crippen molar-refractivity contribution in [3.63, 3.8) is 0 Å². The number of ether oxygens (including phenoxy) is 2. The predicted molar refractivity (Wildman–Crippen MR) is 152 cm³/mol. The van der Waals surface area contributed by atoms with Crippen LogP contribution in [-0.2, 0) is 19.1 Å². The number of likely N-dealkylation sites (N-methyl/N-ethyl adjacent to an activating group) is 1. The number of hydrogen-bond donors (Lipinski definition) is 1. The highest BCUT2D eigenvalue weighted by atomic mass is 16.6. The van der Waals surface area contributed by atoms with E-state index in [0.29, 0.717) is 6.42 Å². The second-order valence-electron chi connectivity index (χ2n) is 10.3. The van der Waals surface area contributed by atoms with Gasteiger partial charge >= 0.3 is 12.1 Å². The topological polar surface area (TPSA) is 84.9 Å². The molecule has 0 aromatic heterocycles. The third-order valence-electron chi connectivity index (χ3n) is 7.77. The van der Waals surface area contributed by atoms with Crippen molar-refractivity contribution in [1.82, 2.24) is 10.2 Å². The first-order valence-corrected chi connectivity index (χ1v) is 13.7. The van der Waals surface area contributed by atoms with Gasteiger partial charge in [-0.2, -0.15) is 0 Å². The van der Waals surface area contributed by atoms with E-state index in [9.17, 15) is 14.4 Å². The molecule has 7 nitrogen and oxygen atoms in total. The number of rotatable bonds is 4. The summed E-state index contributed by atoms with van der Waals surface area (Å²) < 4.78 is 11.5. The van der Waals surface area contributed by atoms with Gasteiger partial charge in [0.05, 0.1) is 6.04 Å². The quantitative estimate of drug-likeness (QED) is 0.337. The standard InChI is InChI=1S/C33H34N2O5/c1-22-31(23-13-5-3-6-14-23)40-30(36)20-8-4-7-19-29(32(37)35(22)2)34-33(38)39-21-28-26-17-11-9-15-24(26)25-16-10-12-18-27(25)28/h3-7,9-18,22,28-29,31H,8,19-21H2,1-2H3,(H,34,38)/b7-4+/t22-,29+,31-/m0/s1. The molecule has 2 amide bonds. The summed E-state index contributed by atoms with van der Waals surface area (Å²) in [6.07, 6.45) is 3.36. The Balaban J connectivity index is 1.30. The molecular formula is C33H34N2O5. The number of cyclic esters (lactones) is 1. The van der Waals surface area contributed by atoms with Gasteiger partial charge in [-0.15, -0.1) is 0 Å². The molecule has 0 radical (unpaired) electrons. The number of allylic oxidation sites excluding steroid dienone is 1. The molecule has 1 aliphatic carbocycles. The van der Waals surface area contributed by atoms with E-state index in [1.54, 1.807) is 7.05 Å². The Bertz CT molecular complexity index is 1360. The maximum absolute atomic E-state index is 13.6. The summed E-state index contributed by atoms with van der Waals surface area (Å²) in [7, 11) is 1.67. The lowest BCUT2D eigenvalue weighted by Gasteiger charge is -2.34. The van der Waals surface area contributed by atoms with E-state index in [1.165, 1.54) is 4.90 Å². The molecule has 0 saturated carbocycles. The molecule has 3 aromatic rings. The first-order chi connectivity index (χ1) is 19.4. The minimum atomic E-state index is -0.828. The van der Waals surface area contributed by atoms with Crippen LogP contribution in [0.4, 0.5) is 4.79 Å². The van der Waals surface area contributed by atoms with Crippen LogP contribution in [0.1, 0.15) is 54.9 Å². The largest absolute Gasteiger partial charge is 0.455 e. The highest BCUT2D eigenvalue weighted by Crippen LogP contribution is 2.44. The first-order valence-electron chi connectivity index (χ1n) is 13.7. The Morgan fingerprint density at radius 3 is 2.23 bits per heavy atom. The lowest BCUT2D eigenvalue weighted by molar-refractivity contribution is -0.155. The van der Waals surface area contributed by atoms with Crippen molar-refractivity contribution in [3.8, 4) is 11.1 Å². The zero-order valence-corrected chi connectivity index (χ0v) is 22.8. The fourth-order valence-corrected chi connectivity index (χ4v) is 5.49. The van der Waals surface area contributed by atoms with E-state index in [1.807, 2.05) is 73.7 Å². The van der Waals surface area contributed by atoms with Crippen molar-refractivity contribution in [2.45, 2.75) is 50.3 Å². The van der Waals surface area contributed by atoms with Crippen molar-refractivity contribution in [2.24, 2.45) is 0 Å². The van der Waals surface area contributed by atoms with Crippen molar-refractivity contribution in [2.75, 3.05) is 13.7 Å². The summed E-state index contributed by atoms with van der Waals surface area (Å²) in [4.78, 5) is 40.7. The van der Waals surface area contributed by atoms with Crippen LogP contribution >= 0.6 is 0 Å². The maximum atomic E-state index is 13.6. The van der Waals surface area contributed by atoms with Gasteiger partial charge in [0, 0.05) is 19.4 Å². The van der Waals surface area contributed by atoms with Crippen molar-refractivity contribution >= 4 is 18.0 Å². The molecular weight excluding hydrogens is 504 g/mol. The van der Waals surface area contributed by atoms with Crippen molar-refractivity contribution in [3.05, 3.63) is 108 Å². The number of nitrogens with zero attached hydrogens (tertiary/aromatic N) is 1. The van der Waals surface area contributed by atoms with Crippen molar-refractivity contribution < 1.29 is 23.9 Å². The second-order valence-corrected chi connectivity index (χ2v) is 10.3. The number of alkyl carbamates (subject to hydrolysis) is 1. The highest BCUT2D eigenvalue weighted by Gasteiger charge is 2.34.